The van der Waals surface area contributed by atoms with Crippen LogP contribution in [-0.4, -0.2) is 49.2 Å². The Labute approximate surface area is 187 Å². The van der Waals surface area contributed by atoms with Gasteiger partial charge in [0, 0.05) is 28.8 Å². The highest BCUT2D eigenvalue weighted by Crippen LogP contribution is 2.28. The van der Waals surface area contributed by atoms with Crippen LogP contribution in [-0.2, 0) is 14.8 Å². The summed E-state index contributed by atoms with van der Waals surface area (Å²) < 4.78 is 33.0. The Morgan fingerprint density at radius 3 is 2.57 bits per heavy atom. The quantitative estimate of drug-likeness (QED) is 0.481. The molecule has 0 atom stereocenters. The van der Waals surface area contributed by atoms with Gasteiger partial charge in [-0.2, -0.15) is 4.31 Å². The number of nitrogens with zero attached hydrogens (tertiary/aromatic N) is 1. The first-order valence-corrected chi connectivity index (χ1v) is 12.3. The predicted molar refractivity (Wildman–Crippen MR) is 120 cm³/mol. The van der Waals surface area contributed by atoms with E-state index in [-0.39, 0.29) is 11.5 Å². The van der Waals surface area contributed by atoms with Crippen molar-refractivity contribution in [2.24, 2.45) is 0 Å². The number of thioether (sulfide) groups is 1. The highest BCUT2D eigenvalue weighted by Gasteiger charge is 2.26. The predicted octanol–water partition coefficient (Wildman–Crippen LogP) is 4.61. The lowest BCUT2D eigenvalue weighted by Crippen LogP contribution is -2.34. The molecule has 0 radical (unpaired) electrons. The summed E-state index contributed by atoms with van der Waals surface area (Å²) in [6.45, 7) is 5.90. The average molecular weight is 472 g/mol. The Morgan fingerprint density at radius 1 is 1.20 bits per heavy atom. The van der Waals surface area contributed by atoms with E-state index >= 15 is 0 Å². The number of hydrogen-bond acceptors (Lipinski definition) is 5. The van der Waals surface area contributed by atoms with Gasteiger partial charge in [0.05, 0.1) is 4.90 Å². The van der Waals surface area contributed by atoms with Crippen molar-refractivity contribution >= 4 is 39.4 Å². The summed E-state index contributed by atoms with van der Waals surface area (Å²) >= 11 is 7.66. The van der Waals surface area contributed by atoms with Crippen molar-refractivity contribution in [3.63, 3.8) is 0 Å². The molecule has 1 N–H and O–H groups in total. The van der Waals surface area contributed by atoms with Crippen LogP contribution >= 0.6 is 23.4 Å². The largest absolute Gasteiger partial charge is 0.482 e. The number of rotatable bonds is 11. The topological polar surface area (TPSA) is 83.9 Å². The summed E-state index contributed by atoms with van der Waals surface area (Å²) in [5.41, 5.74) is 1.38. The minimum atomic E-state index is -3.64. The molecular weight excluding hydrogens is 446 g/mol. The highest BCUT2D eigenvalue weighted by molar-refractivity contribution is 7.99. The van der Waals surface area contributed by atoms with E-state index in [4.69, 9.17) is 21.4 Å². The second kappa shape index (κ2) is 11.0. The van der Waals surface area contributed by atoms with Gasteiger partial charge < -0.3 is 9.84 Å². The molecular formula is C21H26ClNO5S2. The van der Waals surface area contributed by atoms with Crippen molar-refractivity contribution < 1.29 is 23.1 Å². The molecule has 0 aromatic heterocycles. The van der Waals surface area contributed by atoms with Gasteiger partial charge in [0.2, 0.25) is 10.0 Å². The van der Waals surface area contributed by atoms with Gasteiger partial charge in [-0.1, -0.05) is 24.6 Å². The van der Waals surface area contributed by atoms with Crippen LogP contribution in [0.1, 0.15) is 24.5 Å². The number of aliphatic carboxylic acids is 1. The first kappa shape index (κ1) is 24.5. The van der Waals surface area contributed by atoms with Crippen LogP contribution in [0.3, 0.4) is 0 Å². The van der Waals surface area contributed by atoms with Gasteiger partial charge in [-0.05, 0) is 61.7 Å². The first-order chi connectivity index (χ1) is 14.2. The molecule has 0 saturated heterocycles. The molecule has 2 aromatic rings. The summed E-state index contributed by atoms with van der Waals surface area (Å²) in [5, 5.41) is 9.16. The van der Waals surface area contributed by atoms with Gasteiger partial charge >= 0.3 is 5.97 Å². The van der Waals surface area contributed by atoms with E-state index in [2.05, 4.69) is 0 Å². The van der Waals surface area contributed by atoms with Crippen molar-refractivity contribution in [2.45, 2.75) is 37.0 Å². The molecule has 0 unspecified atom stereocenters. The number of sulfonamides is 1. The molecule has 2 rings (SSSR count). The molecule has 0 aliphatic rings. The molecule has 0 aliphatic carbocycles. The van der Waals surface area contributed by atoms with Crippen molar-refractivity contribution in [3.8, 4) is 5.75 Å². The third kappa shape index (κ3) is 6.38. The fourth-order valence-corrected chi connectivity index (χ4v) is 5.98. The molecule has 6 nitrogen and oxygen atoms in total. The molecule has 164 valence electrons. The average Bonchev–Trinajstić information content (AvgIpc) is 2.68. The lowest BCUT2D eigenvalue weighted by molar-refractivity contribution is -0.139. The van der Waals surface area contributed by atoms with Crippen molar-refractivity contribution in [3.05, 3.63) is 52.5 Å². The molecule has 0 spiro atoms. The van der Waals surface area contributed by atoms with Gasteiger partial charge in [0.25, 0.3) is 0 Å². The molecule has 0 aliphatic heterocycles. The number of hydrogen-bond donors (Lipinski definition) is 1. The van der Waals surface area contributed by atoms with Crippen LogP contribution in [0.5, 0.6) is 5.75 Å². The second-order valence-corrected chi connectivity index (χ2v) is 10.2. The number of benzene rings is 2. The van der Waals surface area contributed by atoms with Gasteiger partial charge in [0.1, 0.15) is 5.75 Å². The van der Waals surface area contributed by atoms with Crippen molar-refractivity contribution in [1.82, 2.24) is 4.31 Å². The Balaban J connectivity index is 2.07. The number of ether oxygens (including phenoxy) is 1. The maximum atomic E-state index is 13.2. The van der Waals surface area contributed by atoms with Crippen molar-refractivity contribution in [1.29, 1.82) is 0 Å². The Kier molecular flexibility index (Phi) is 9.03. The SMILES string of the molecule is CCCN(CCSc1ccc(OCC(=O)O)c(C)c1)S(=O)(=O)c1cccc(Cl)c1C. The molecule has 9 heteroatoms. The zero-order valence-corrected chi connectivity index (χ0v) is 19.6. The Hall–Kier alpha value is -1.74. The monoisotopic (exact) mass is 471 g/mol. The van der Waals surface area contributed by atoms with Crippen LogP contribution in [0.2, 0.25) is 5.02 Å². The minimum Gasteiger partial charge on any atom is -0.482 e. The number of carboxylic acid groups (broad SMARTS) is 1. The fraction of sp³-hybridized carbons (Fsp3) is 0.381. The van der Waals surface area contributed by atoms with Crippen LogP contribution in [0.4, 0.5) is 0 Å². The summed E-state index contributed by atoms with van der Waals surface area (Å²) in [5.74, 6) is 0.0709. The molecule has 0 saturated carbocycles. The van der Waals surface area contributed by atoms with Gasteiger partial charge in [-0.25, -0.2) is 13.2 Å². The second-order valence-electron chi connectivity index (χ2n) is 6.73. The smallest absolute Gasteiger partial charge is 0.341 e. The van der Waals surface area contributed by atoms with E-state index in [1.54, 1.807) is 31.2 Å². The molecule has 0 heterocycles. The summed E-state index contributed by atoms with van der Waals surface area (Å²) in [7, 11) is -3.64. The molecule has 2 aromatic carbocycles. The van der Waals surface area contributed by atoms with E-state index in [1.165, 1.54) is 16.1 Å². The van der Waals surface area contributed by atoms with Crippen LogP contribution in [0.25, 0.3) is 0 Å². The van der Waals surface area contributed by atoms with E-state index in [0.717, 1.165) is 10.5 Å². The summed E-state index contributed by atoms with van der Waals surface area (Å²) in [6.07, 6.45) is 0.707. The molecule has 30 heavy (non-hydrogen) atoms. The zero-order chi connectivity index (χ0) is 22.3. The van der Waals surface area contributed by atoms with Gasteiger partial charge in [-0.15, -0.1) is 11.8 Å². The van der Waals surface area contributed by atoms with E-state index in [9.17, 15) is 13.2 Å². The van der Waals surface area contributed by atoms with E-state index in [1.807, 2.05) is 26.0 Å². The standard InChI is InChI=1S/C21H26ClNO5S2/c1-4-10-23(30(26,27)20-7-5-6-18(22)16(20)3)11-12-29-17-8-9-19(15(2)13-17)28-14-21(24)25/h5-9,13H,4,10-12,14H2,1-3H3,(H,24,25). The fourth-order valence-electron chi connectivity index (χ4n) is 2.89. The first-order valence-electron chi connectivity index (χ1n) is 9.50. The summed E-state index contributed by atoms with van der Waals surface area (Å²) in [4.78, 5) is 11.8. The number of halogens is 1. The third-order valence-corrected chi connectivity index (χ3v) is 7.84. The van der Waals surface area contributed by atoms with Crippen molar-refractivity contribution in [2.75, 3.05) is 25.4 Å². The maximum absolute atomic E-state index is 13.2. The number of aryl methyl sites for hydroxylation is 1. The zero-order valence-electron chi connectivity index (χ0n) is 17.2. The molecule has 0 amide bonds. The summed E-state index contributed by atoms with van der Waals surface area (Å²) in [6, 6.07) is 10.4. The van der Waals surface area contributed by atoms with E-state index < -0.39 is 16.0 Å². The third-order valence-electron chi connectivity index (χ3n) is 4.42. The maximum Gasteiger partial charge on any atom is 0.341 e. The van der Waals surface area contributed by atoms with Crippen LogP contribution in [0.15, 0.2) is 46.2 Å². The normalized spacial score (nSPS) is 11.6. The number of carboxylic acids is 1. The van der Waals surface area contributed by atoms with Crippen LogP contribution in [0, 0.1) is 13.8 Å². The number of carbonyl (C=O) groups is 1. The molecule has 0 bridgehead atoms. The Morgan fingerprint density at radius 2 is 1.93 bits per heavy atom. The highest BCUT2D eigenvalue weighted by atomic mass is 35.5. The van der Waals surface area contributed by atoms with E-state index in [0.29, 0.717) is 41.6 Å². The van der Waals surface area contributed by atoms with Gasteiger partial charge in [0.15, 0.2) is 6.61 Å². The lowest BCUT2D eigenvalue weighted by Gasteiger charge is -2.23. The van der Waals surface area contributed by atoms with Gasteiger partial charge in [-0.3, -0.25) is 0 Å². The minimum absolute atomic E-state index is 0.240. The Bertz CT molecular complexity index is 995. The molecule has 0 fully saturated rings. The van der Waals surface area contributed by atoms with Crippen LogP contribution < -0.4 is 4.74 Å². The lowest BCUT2D eigenvalue weighted by atomic mass is 10.2.